The van der Waals surface area contributed by atoms with Gasteiger partial charge in [0, 0.05) is 37.2 Å². The minimum atomic E-state index is -0.405. The molecule has 28 heavy (non-hydrogen) atoms. The number of nitriles is 1. The molecule has 0 spiro atoms. The van der Waals surface area contributed by atoms with Crippen molar-refractivity contribution in [3.8, 4) is 6.07 Å². The number of carbonyl (C=O) groups is 1. The second kappa shape index (κ2) is 8.01. The van der Waals surface area contributed by atoms with Gasteiger partial charge < -0.3 is 10.2 Å². The fourth-order valence-electron chi connectivity index (χ4n) is 4.39. The molecule has 1 aromatic carbocycles. The van der Waals surface area contributed by atoms with Crippen molar-refractivity contribution in [2.24, 2.45) is 5.92 Å². The van der Waals surface area contributed by atoms with E-state index in [0.717, 1.165) is 37.8 Å². The van der Waals surface area contributed by atoms with Gasteiger partial charge in [-0.2, -0.15) is 10.4 Å². The van der Waals surface area contributed by atoms with Crippen molar-refractivity contribution >= 4 is 11.6 Å². The molecule has 7 heteroatoms. The Morgan fingerprint density at radius 1 is 1.36 bits per heavy atom. The minimum Gasteiger partial charge on any atom is -0.370 e. The summed E-state index contributed by atoms with van der Waals surface area (Å²) >= 11 is 0. The van der Waals surface area contributed by atoms with Crippen LogP contribution in [0.4, 0.5) is 10.1 Å². The Hall–Kier alpha value is -2.88. The van der Waals surface area contributed by atoms with Gasteiger partial charge in [-0.15, -0.1) is 0 Å². The first-order chi connectivity index (χ1) is 13.7. The lowest BCUT2D eigenvalue weighted by Crippen LogP contribution is -2.42. The van der Waals surface area contributed by atoms with Crippen LogP contribution in [-0.4, -0.2) is 35.7 Å². The van der Waals surface area contributed by atoms with E-state index >= 15 is 0 Å². The zero-order valence-corrected chi connectivity index (χ0v) is 15.7. The maximum absolute atomic E-state index is 13.4. The summed E-state index contributed by atoms with van der Waals surface area (Å²) in [6.45, 7) is 2.03. The number of aromatic nitrogens is 2. The van der Waals surface area contributed by atoms with Gasteiger partial charge in [-0.25, -0.2) is 4.39 Å². The van der Waals surface area contributed by atoms with Crippen LogP contribution in [0, 0.1) is 23.1 Å². The molecule has 1 saturated heterocycles. The zero-order valence-electron chi connectivity index (χ0n) is 15.7. The molecule has 1 unspecified atom stereocenters. The summed E-state index contributed by atoms with van der Waals surface area (Å²) in [5, 5.41) is 19.6. The number of nitrogens with zero attached hydrogens (tertiary/aromatic N) is 3. The molecular formula is C21H24FN5O. The molecule has 1 atom stereocenters. The monoisotopic (exact) mass is 381 g/mol. The van der Waals surface area contributed by atoms with Gasteiger partial charge in [0.15, 0.2) is 0 Å². The quantitative estimate of drug-likeness (QED) is 0.853. The average molecular weight is 381 g/mol. The number of anilines is 1. The molecule has 1 aromatic heterocycles. The van der Waals surface area contributed by atoms with E-state index in [1.54, 1.807) is 6.07 Å². The summed E-state index contributed by atoms with van der Waals surface area (Å²) in [4.78, 5) is 14.7. The van der Waals surface area contributed by atoms with Crippen LogP contribution in [0.15, 0.2) is 24.4 Å². The third-order valence-electron chi connectivity index (χ3n) is 5.98. The number of carbonyl (C=O) groups excluding carboxylic acids is 1. The largest absolute Gasteiger partial charge is 0.370 e. The van der Waals surface area contributed by atoms with Gasteiger partial charge in [0.2, 0.25) is 5.91 Å². The molecule has 1 amide bonds. The Labute approximate surface area is 163 Å². The Bertz CT molecular complexity index is 894. The summed E-state index contributed by atoms with van der Waals surface area (Å²) in [6.07, 6.45) is 6.58. The van der Waals surface area contributed by atoms with Gasteiger partial charge in [-0.05, 0) is 55.9 Å². The van der Waals surface area contributed by atoms with E-state index in [0.29, 0.717) is 31.1 Å². The van der Waals surface area contributed by atoms with E-state index in [1.165, 1.54) is 23.4 Å². The highest BCUT2D eigenvalue weighted by molar-refractivity contribution is 5.79. The van der Waals surface area contributed by atoms with E-state index in [1.807, 2.05) is 6.20 Å². The molecule has 146 valence electrons. The molecule has 1 aliphatic carbocycles. The van der Waals surface area contributed by atoms with Crippen molar-refractivity contribution < 1.29 is 9.18 Å². The number of benzene rings is 1. The molecule has 2 aliphatic rings. The lowest BCUT2D eigenvalue weighted by atomic mass is 9.87. The van der Waals surface area contributed by atoms with Gasteiger partial charge >= 0.3 is 0 Å². The normalized spacial score (nSPS) is 19.7. The highest BCUT2D eigenvalue weighted by atomic mass is 19.1. The maximum Gasteiger partial charge on any atom is 0.223 e. The Kier molecular flexibility index (Phi) is 5.29. The summed E-state index contributed by atoms with van der Waals surface area (Å²) in [5.74, 6) is 0.0199. The lowest BCUT2D eigenvalue weighted by Gasteiger charge is -2.33. The molecule has 2 aromatic rings. The fraction of sp³-hybridized carbons (Fsp3) is 0.476. The van der Waals surface area contributed by atoms with E-state index in [4.69, 9.17) is 0 Å². The number of hydrogen-bond donors (Lipinski definition) is 2. The molecule has 0 radical (unpaired) electrons. The molecular weight excluding hydrogens is 357 g/mol. The number of fused-ring (bicyclic) bond motifs is 1. The third-order valence-corrected chi connectivity index (χ3v) is 5.98. The average Bonchev–Trinajstić information content (AvgIpc) is 3.21. The Morgan fingerprint density at radius 3 is 2.96 bits per heavy atom. The fourth-order valence-corrected chi connectivity index (χ4v) is 4.39. The van der Waals surface area contributed by atoms with Crippen molar-refractivity contribution in [1.29, 1.82) is 5.26 Å². The number of aryl methyl sites for hydroxylation is 1. The topological polar surface area (TPSA) is 84.8 Å². The number of rotatable bonds is 4. The number of aromatic amines is 1. The summed E-state index contributed by atoms with van der Waals surface area (Å²) in [6, 6.07) is 6.36. The number of H-pyrrole nitrogens is 1. The maximum atomic E-state index is 13.4. The summed E-state index contributed by atoms with van der Waals surface area (Å²) in [5.41, 5.74) is 3.53. The van der Waals surface area contributed by atoms with Crippen LogP contribution in [0.2, 0.25) is 0 Å². The molecule has 1 aliphatic heterocycles. The number of piperidine rings is 1. The number of amides is 1. The number of nitrogens with one attached hydrogen (secondary N) is 2. The van der Waals surface area contributed by atoms with Crippen LogP contribution in [0.1, 0.15) is 48.4 Å². The smallest absolute Gasteiger partial charge is 0.223 e. The lowest BCUT2D eigenvalue weighted by molar-refractivity contribution is -0.125. The predicted molar refractivity (Wildman–Crippen MR) is 103 cm³/mol. The second-order valence-corrected chi connectivity index (χ2v) is 7.67. The van der Waals surface area contributed by atoms with Gasteiger partial charge in [-0.3, -0.25) is 9.89 Å². The minimum absolute atomic E-state index is 0.0188. The molecule has 6 nitrogen and oxygen atoms in total. The van der Waals surface area contributed by atoms with Crippen LogP contribution in [0.3, 0.4) is 0 Å². The van der Waals surface area contributed by atoms with Crippen molar-refractivity contribution in [2.45, 2.75) is 38.0 Å². The summed E-state index contributed by atoms with van der Waals surface area (Å²) < 4.78 is 13.4. The van der Waals surface area contributed by atoms with E-state index in [-0.39, 0.29) is 11.8 Å². The highest BCUT2D eigenvalue weighted by Crippen LogP contribution is 2.30. The zero-order chi connectivity index (χ0) is 19.5. The van der Waals surface area contributed by atoms with Gasteiger partial charge in [0.05, 0.1) is 17.4 Å². The van der Waals surface area contributed by atoms with Crippen molar-refractivity contribution in [3.63, 3.8) is 0 Å². The highest BCUT2D eigenvalue weighted by Gasteiger charge is 2.28. The molecule has 0 saturated carbocycles. The summed E-state index contributed by atoms with van der Waals surface area (Å²) in [7, 11) is 0. The van der Waals surface area contributed by atoms with Crippen LogP contribution < -0.4 is 10.2 Å². The Morgan fingerprint density at radius 2 is 2.18 bits per heavy atom. The molecule has 2 heterocycles. The molecule has 4 rings (SSSR count). The van der Waals surface area contributed by atoms with E-state index in [9.17, 15) is 14.4 Å². The first kappa shape index (κ1) is 18.5. The Balaban J connectivity index is 1.31. The van der Waals surface area contributed by atoms with Crippen molar-refractivity contribution in [1.82, 2.24) is 15.5 Å². The predicted octanol–water partition coefficient (Wildman–Crippen LogP) is 2.87. The molecule has 0 bridgehead atoms. The van der Waals surface area contributed by atoms with E-state index in [2.05, 4.69) is 26.5 Å². The SMILES string of the molecule is N#Cc1cc(F)ccc1N1CCC(C(=O)NCC2CCCc3[nH]ncc32)CC1. The third kappa shape index (κ3) is 3.72. The van der Waals surface area contributed by atoms with E-state index < -0.39 is 5.82 Å². The van der Waals surface area contributed by atoms with Crippen molar-refractivity contribution in [2.75, 3.05) is 24.5 Å². The number of halogens is 1. The van der Waals surface area contributed by atoms with Crippen LogP contribution in [0.5, 0.6) is 0 Å². The standard InChI is InChI=1S/C21H24FN5O/c22-17-4-5-20(16(10-17)11-23)27-8-6-14(7-9-27)21(28)24-12-15-2-1-3-19-18(15)13-25-26-19/h4-5,10,13-15H,1-3,6-9,12H2,(H,24,28)(H,25,26). The van der Waals surface area contributed by atoms with Gasteiger partial charge in [0.1, 0.15) is 11.9 Å². The van der Waals surface area contributed by atoms with Crippen LogP contribution >= 0.6 is 0 Å². The second-order valence-electron chi connectivity index (χ2n) is 7.67. The van der Waals surface area contributed by atoms with Gasteiger partial charge in [-0.1, -0.05) is 0 Å². The van der Waals surface area contributed by atoms with Crippen LogP contribution in [0.25, 0.3) is 0 Å². The van der Waals surface area contributed by atoms with Gasteiger partial charge in [0.25, 0.3) is 0 Å². The molecule has 2 N–H and O–H groups in total. The number of hydrogen-bond acceptors (Lipinski definition) is 4. The van der Waals surface area contributed by atoms with Crippen molar-refractivity contribution in [3.05, 3.63) is 47.0 Å². The molecule has 1 fully saturated rings. The first-order valence-corrected chi connectivity index (χ1v) is 9.90. The van der Waals surface area contributed by atoms with Crippen LogP contribution in [-0.2, 0) is 11.2 Å². The first-order valence-electron chi connectivity index (χ1n) is 9.90.